The van der Waals surface area contributed by atoms with Crippen LogP contribution in [0.1, 0.15) is 41.5 Å². The Balaban J connectivity index is -0.000000533. The number of hydrogen-bond donors (Lipinski definition) is 6. The Labute approximate surface area is 241 Å². The average molecular weight is 616 g/mol. The van der Waals surface area contributed by atoms with Gasteiger partial charge in [-0.15, -0.1) is 0 Å². The third kappa shape index (κ3) is 22.9. The summed E-state index contributed by atoms with van der Waals surface area (Å²) in [6.07, 6.45) is -3.59. The van der Waals surface area contributed by atoms with Crippen molar-refractivity contribution in [2.75, 3.05) is 39.6 Å². The Morgan fingerprint density at radius 1 is 0.524 bits per heavy atom. The van der Waals surface area contributed by atoms with Gasteiger partial charge in [0.05, 0.1) is 59.3 Å². The lowest BCUT2D eigenvalue weighted by Gasteiger charge is -2.11. The van der Waals surface area contributed by atoms with Crippen LogP contribution >= 0.6 is 0 Å². The number of carboxylic acid groups (broad SMARTS) is 3. The summed E-state index contributed by atoms with van der Waals surface area (Å²) in [4.78, 5) is 64.4. The fraction of sp³-hybridized carbons (Fsp3) is 0.750. The van der Waals surface area contributed by atoms with Crippen molar-refractivity contribution in [2.45, 2.75) is 61.2 Å². The van der Waals surface area contributed by atoms with E-state index < -0.39 is 55.4 Å². The minimum atomic E-state index is -1.20. The lowest BCUT2D eigenvalue weighted by Crippen LogP contribution is -2.55. The summed E-state index contributed by atoms with van der Waals surface area (Å²) in [5.74, 6) is 0.850. The van der Waals surface area contributed by atoms with Gasteiger partial charge in [0.1, 0.15) is 0 Å². The molecule has 18 nitrogen and oxygen atoms in total. The number of aromatic nitrogens is 3. The van der Waals surface area contributed by atoms with Gasteiger partial charge < -0.3 is 44.8 Å². The van der Waals surface area contributed by atoms with Crippen LogP contribution in [0.15, 0.2) is 14.4 Å². The van der Waals surface area contributed by atoms with E-state index in [4.69, 9.17) is 30.6 Å². The Bertz CT molecular complexity index is 911. The number of aliphatic hydroxyl groups excluding tert-OH is 3. The number of rotatable bonds is 12. The Morgan fingerprint density at radius 2 is 0.714 bits per heavy atom. The quantitative estimate of drug-likeness (QED) is 0.135. The van der Waals surface area contributed by atoms with Gasteiger partial charge in [0.15, 0.2) is 0 Å². The van der Waals surface area contributed by atoms with E-state index in [-0.39, 0.29) is 57.2 Å². The molecule has 0 amide bonds. The Kier molecular flexibility index (Phi) is 25.2. The van der Waals surface area contributed by atoms with Crippen molar-refractivity contribution in [3.63, 3.8) is 0 Å². The second kappa shape index (κ2) is 24.9. The van der Waals surface area contributed by atoms with Crippen LogP contribution in [0.25, 0.3) is 0 Å². The third-order valence-electron chi connectivity index (χ3n) is 3.98. The zero-order chi connectivity index (χ0) is 33.4. The first kappa shape index (κ1) is 42.6. The topological polar surface area (TPSA) is 266 Å². The molecule has 0 saturated heterocycles. The molecule has 0 aliphatic rings. The molecule has 0 aliphatic carbocycles. The van der Waals surface area contributed by atoms with E-state index in [1.165, 1.54) is 0 Å². The summed E-state index contributed by atoms with van der Waals surface area (Å²) in [5.41, 5.74) is -2.66. The van der Waals surface area contributed by atoms with Gasteiger partial charge in [-0.05, 0) is 17.8 Å². The summed E-state index contributed by atoms with van der Waals surface area (Å²) >= 11 is 0. The van der Waals surface area contributed by atoms with Gasteiger partial charge in [-0.3, -0.25) is 0 Å². The molecule has 1 heterocycles. The maximum atomic E-state index is 11.8. The first-order valence-electron chi connectivity index (χ1n) is 12.8. The van der Waals surface area contributed by atoms with Gasteiger partial charge in [-0.1, -0.05) is 41.5 Å². The number of hydrogen-bond acceptors (Lipinski definition) is 12. The molecular weight excluding hydrogens is 570 g/mol. The molecule has 1 rings (SSSR count). The normalized spacial score (nSPS) is 10.0. The SMILES string of the molecule is CC(C)COC(=O)O.CC(C)COC(=O)O.CC(C)COC(=O)O.O=c1n(CCO)c(=O)n(CCO)c(=O)n1CCO. The predicted molar refractivity (Wildman–Crippen MR) is 147 cm³/mol. The maximum Gasteiger partial charge on any atom is 0.505 e. The molecule has 0 aliphatic heterocycles. The first-order chi connectivity index (χ1) is 19.5. The molecule has 0 bridgehead atoms. The molecule has 0 aromatic carbocycles. The fourth-order valence-corrected chi connectivity index (χ4v) is 2.27. The smallest absolute Gasteiger partial charge is 0.450 e. The molecule has 1 aromatic heterocycles. The average Bonchev–Trinajstić information content (AvgIpc) is 2.89. The van der Waals surface area contributed by atoms with Crippen LogP contribution in [-0.4, -0.2) is 102 Å². The van der Waals surface area contributed by atoms with Gasteiger partial charge in [0.2, 0.25) is 0 Å². The molecular formula is C24H45N3O15. The van der Waals surface area contributed by atoms with Crippen molar-refractivity contribution < 1.29 is 59.2 Å². The largest absolute Gasteiger partial charge is 0.505 e. The van der Waals surface area contributed by atoms with E-state index in [9.17, 15) is 28.8 Å². The first-order valence-corrected chi connectivity index (χ1v) is 12.8. The van der Waals surface area contributed by atoms with Crippen LogP contribution in [0, 0.1) is 17.8 Å². The second-order valence-corrected chi connectivity index (χ2v) is 9.39. The minimum absolute atomic E-state index is 0.255. The molecule has 0 atom stereocenters. The number of aliphatic hydroxyl groups is 3. The van der Waals surface area contributed by atoms with E-state index in [1.54, 1.807) is 0 Å². The van der Waals surface area contributed by atoms with Crippen molar-refractivity contribution >= 4 is 18.5 Å². The highest BCUT2D eigenvalue weighted by atomic mass is 16.7. The fourth-order valence-electron chi connectivity index (χ4n) is 2.27. The van der Waals surface area contributed by atoms with Gasteiger partial charge in [-0.2, -0.15) is 0 Å². The summed E-state index contributed by atoms with van der Waals surface area (Å²) in [7, 11) is 0. The van der Waals surface area contributed by atoms with E-state index >= 15 is 0 Å². The molecule has 42 heavy (non-hydrogen) atoms. The van der Waals surface area contributed by atoms with Gasteiger partial charge in [0, 0.05) is 0 Å². The van der Waals surface area contributed by atoms with Crippen LogP contribution in [-0.2, 0) is 33.8 Å². The highest BCUT2D eigenvalue weighted by molar-refractivity contribution is 5.57. The van der Waals surface area contributed by atoms with Crippen molar-refractivity contribution in [2.24, 2.45) is 17.8 Å². The molecule has 246 valence electrons. The van der Waals surface area contributed by atoms with E-state index in [1.807, 2.05) is 41.5 Å². The number of nitrogens with zero attached hydrogens (tertiary/aromatic N) is 3. The molecule has 0 spiro atoms. The lowest BCUT2D eigenvalue weighted by atomic mass is 10.2. The second-order valence-electron chi connectivity index (χ2n) is 9.39. The van der Waals surface area contributed by atoms with Crippen LogP contribution in [0.5, 0.6) is 0 Å². The summed E-state index contributed by atoms with van der Waals surface area (Å²) in [6.45, 7) is 10.1. The number of ether oxygens (including phenoxy) is 3. The monoisotopic (exact) mass is 615 g/mol. The van der Waals surface area contributed by atoms with Crippen LogP contribution in [0.3, 0.4) is 0 Å². The Morgan fingerprint density at radius 3 is 0.810 bits per heavy atom. The molecule has 0 unspecified atom stereocenters. The van der Waals surface area contributed by atoms with Crippen LogP contribution < -0.4 is 17.1 Å². The molecule has 1 aromatic rings. The molecule has 0 saturated carbocycles. The third-order valence-corrected chi connectivity index (χ3v) is 3.98. The highest BCUT2D eigenvalue weighted by Crippen LogP contribution is 1.92. The highest BCUT2D eigenvalue weighted by Gasteiger charge is 2.14. The van der Waals surface area contributed by atoms with Crippen LogP contribution in [0.2, 0.25) is 0 Å². The van der Waals surface area contributed by atoms with E-state index in [0.717, 1.165) is 0 Å². The predicted octanol–water partition coefficient (Wildman–Crippen LogP) is 0.160. The minimum Gasteiger partial charge on any atom is -0.450 e. The maximum absolute atomic E-state index is 11.8. The molecule has 6 N–H and O–H groups in total. The number of carbonyl (C=O) groups is 3. The summed E-state index contributed by atoms with van der Waals surface area (Å²) in [5, 5.41) is 50.2. The van der Waals surface area contributed by atoms with Crippen molar-refractivity contribution in [1.29, 1.82) is 0 Å². The van der Waals surface area contributed by atoms with Crippen molar-refractivity contribution in [1.82, 2.24) is 13.7 Å². The zero-order valence-electron chi connectivity index (χ0n) is 24.8. The van der Waals surface area contributed by atoms with E-state index in [0.29, 0.717) is 13.7 Å². The lowest BCUT2D eigenvalue weighted by molar-refractivity contribution is 0.0804. The Hall–Kier alpha value is -3.90. The molecule has 0 radical (unpaired) electrons. The van der Waals surface area contributed by atoms with Crippen molar-refractivity contribution in [3.8, 4) is 0 Å². The van der Waals surface area contributed by atoms with E-state index in [2.05, 4.69) is 14.2 Å². The molecule has 0 fully saturated rings. The summed E-state index contributed by atoms with van der Waals surface area (Å²) < 4.78 is 14.7. The summed E-state index contributed by atoms with van der Waals surface area (Å²) in [6, 6.07) is 0. The molecule has 18 heteroatoms. The zero-order valence-corrected chi connectivity index (χ0v) is 24.8. The van der Waals surface area contributed by atoms with Crippen LogP contribution in [0.4, 0.5) is 14.4 Å². The van der Waals surface area contributed by atoms with Gasteiger partial charge >= 0.3 is 35.5 Å². The van der Waals surface area contributed by atoms with Gasteiger partial charge in [-0.25, -0.2) is 42.5 Å². The van der Waals surface area contributed by atoms with Gasteiger partial charge in [0.25, 0.3) is 0 Å². The standard InChI is InChI=1S/C9H15N3O6.3C5H10O3/c13-4-1-10-7(16)11(2-5-14)9(18)12(3-6-15)8(10)17;3*1-4(2)3-8-5(6)7/h13-15H,1-6H2;3*4H,3H2,1-2H3,(H,6,7). The van der Waals surface area contributed by atoms with Crippen molar-refractivity contribution in [3.05, 3.63) is 31.5 Å².